The Kier molecular flexibility index (Phi) is 7.54. The van der Waals surface area contributed by atoms with E-state index in [1.807, 2.05) is 24.3 Å². The number of amides is 2. The van der Waals surface area contributed by atoms with Crippen molar-refractivity contribution in [3.63, 3.8) is 0 Å². The first-order valence-electron chi connectivity index (χ1n) is 10.7. The molecule has 1 heterocycles. The van der Waals surface area contributed by atoms with E-state index in [1.165, 1.54) is 16.7 Å². The summed E-state index contributed by atoms with van der Waals surface area (Å²) in [5.74, 6) is -0.0501. The highest BCUT2D eigenvalue weighted by Gasteiger charge is 2.19. The van der Waals surface area contributed by atoms with Gasteiger partial charge >= 0.3 is 0 Å². The van der Waals surface area contributed by atoms with Crippen molar-refractivity contribution in [2.24, 2.45) is 0 Å². The first-order valence-corrected chi connectivity index (χ1v) is 11.5. The second-order valence-corrected chi connectivity index (χ2v) is 10.1. The molecule has 8 heteroatoms. The molecule has 2 aromatic carbocycles. The lowest BCUT2D eigenvalue weighted by Crippen LogP contribution is -2.22. The van der Waals surface area contributed by atoms with Crippen LogP contribution in [0.25, 0.3) is 0 Å². The van der Waals surface area contributed by atoms with Crippen molar-refractivity contribution in [2.45, 2.75) is 26.2 Å². The Morgan fingerprint density at radius 1 is 0.882 bits per heavy atom. The Morgan fingerprint density at radius 3 is 2.09 bits per heavy atom. The molecule has 0 fully saturated rings. The number of carbonyl (C=O) groups excluding carboxylic acids is 2. The molecule has 178 valence electrons. The molecular weight excluding hydrogens is 471 g/mol. The number of anilines is 3. The van der Waals surface area contributed by atoms with Gasteiger partial charge in [-0.3, -0.25) is 9.59 Å². The first-order chi connectivity index (χ1) is 15.9. The Labute approximate surface area is 210 Å². The minimum Gasteiger partial charge on any atom is -0.345 e. The summed E-state index contributed by atoms with van der Waals surface area (Å²) in [4.78, 5) is 32.6. The normalized spacial score (nSPS) is 11.2. The molecule has 6 nitrogen and oxygen atoms in total. The highest BCUT2D eigenvalue weighted by molar-refractivity contribution is 6.35. The lowest BCUT2D eigenvalue weighted by molar-refractivity contribution is 0.0827. The molecule has 0 aliphatic heterocycles. The predicted molar refractivity (Wildman–Crippen MR) is 140 cm³/mol. The van der Waals surface area contributed by atoms with Gasteiger partial charge in [0.2, 0.25) is 0 Å². The van der Waals surface area contributed by atoms with E-state index in [0.29, 0.717) is 38.4 Å². The van der Waals surface area contributed by atoms with Crippen molar-refractivity contribution in [3.8, 4) is 0 Å². The van der Waals surface area contributed by atoms with Gasteiger partial charge in [-0.2, -0.15) is 0 Å². The first kappa shape index (κ1) is 25.5. The maximum atomic E-state index is 12.9. The molecule has 0 atom stereocenters. The van der Waals surface area contributed by atoms with Crippen LogP contribution in [0.5, 0.6) is 0 Å². The molecule has 1 N–H and O–H groups in total. The smallest absolute Gasteiger partial charge is 0.255 e. The van der Waals surface area contributed by atoms with Gasteiger partial charge in [-0.1, -0.05) is 56.1 Å². The molecule has 0 unspecified atom stereocenters. The summed E-state index contributed by atoms with van der Waals surface area (Å²) in [6, 6.07) is 14.4. The molecule has 3 aromatic rings. The van der Waals surface area contributed by atoms with Gasteiger partial charge in [0.15, 0.2) is 5.82 Å². The highest BCUT2D eigenvalue weighted by Crippen LogP contribution is 2.34. The van der Waals surface area contributed by atoms with Crippen LogP contribution in [0.1, 0.15) is 47.1 Å². The number of rotatable bonds is 5. The molecule has 0 spiro atoms. The van der Waals surface area contributed by atoms with E-state index in [9.17, 15) is 9.59 Å². The van der Waals surface area contributed by atoms with Crippen molar-refractivity contribution in [2.75, 3.05) is 31.4 Å². The number of pyridine rings is 1. The molecular formula is C26H28Cl2N4O2. The molecule has 1 aromatic heterocycles. The number of nitrogens with one attached hydrogen (secondary N) is 1. The van der Waals surface area contributed by atoms with E-state index < -0.39 is 0 Å². The van der Waals surface area contributed by atoms with E-state index in [4.69, 9.17) is 23.2 Å². The van der Waals surface area contributed by atoms with E-state index >= 15 is 0 Å². The molecule has 0 saturated heterocycles. The summed E-state index contributed by atoms with van der Waals surface area (Å²) < 4.78 is 0. The van der Waals surface area contributed by atoms with Crippen LogP contribution < -0.4 is 10.2 Å². The van der Waals surface area contributed by atoms with Crippen LogP contribution >= 0.6 is 23.2 Å². The van der Waals surface area contributed by atoms with Crippen LogP contribution in [0.15, 0.2) is 54.7 Å². The van der Waals surface area contributed by atoms with Crippen molar-refractivity contribution < 1.29 is 9.59 Å². The minimum absolute atomic E-state index is 0.0332. The van der Waals surface area contributed by atoms with Gasteiger partial charge in [-0.25, -0.2) is 4.98 Å². The van der Waals surface area contributed by atoms with Gasteiger partial charge in [-0.05, 0) is 47.4 Å². The van der Waals surface area contributed by atoms with Crippen molar-refractivity contribution >= 4 is 52.2 Å². The number of hydrogen-bond donors (Lipinski definition) is 1. The minimum atomic E-state index is -0.263. The van der Waals surface area contributed by atoms with Gasteiger partial charge in [0.25, 0.3) is 11.8 Å². The van der Waals surface area contributed by atoms with Crippen LogP contribution in [0.2, 0.25) is 10.0 Å². The third kappa shape index (κ3) is 5.69. The Bertz CT molecular complexity index is 1220. The highest BCUT2D eigenvalue weighted by atomic mass is 35.5. The second-order valence-electron chi connectivity index (χ2n) is 9.24. The third-order valence-corrected chi connectivity index (χ3v) is 5.97. The summed E-state index contributed by atoms with van der Waals surface area (Å²) in [7, 11) is 5.06. The molecule has 0 saturated carbocycles. The molecule has 0 aliphatic rings. The zero-order valence-electron chi connectivity index (χ0n) is 20.1. The van der Waals surface area contributed by atoms with Crippen LogP contribution in [-0.2, 0) is 5.41 Å². The maximum Gasteiger partial charge on any atom is 0.255 e. The topological polar surface area (TPSA) is 65.5 Å². The van der Waals surface area contributed by atoms with E-state index in [-0.39, 0.29) is 17.2 Å². The van der Waals surface area contributed by atoms with Gasteiger partial charge in [0.05, 0.1) is 21.3 Å². The van der Waals surface area contributed by atoms with Crippen molar-refractivity contribution in [3.05, 3.63) is 81.5 Å². The molecule has 34 heavy (non-hydrogen) atoms. The molecule has 0 aliphatic carbocycles. The van der Waals surface area contributed by atoms with Gasteiger partial charge < -0.3 is 15.1 Å². The number of hydrogen-bond acceptors (Lipinski definition) is 4. The van der Waals surface area contributed by atoms with Crippen molar-refractivity contribution in [1.29, 1.82) is 0 Å². The zero-order valence-corrected chi connectivity index (χ0v) is 21.6. The summed E-state index contributed by atoms with van der Waals surface area (Å²) in [5, 5.41) is 3.64. The van der Waals surface area contributed by atoms with Gasteiger partial charge in [0, 0.05) is 38.6 Å². The van der Waals surface area contributed by atoms with Gasteiger partial charge in [-0.15, -0.1) is 0 Å². The lowest BCUT2D eigenvalue weighted by Gasteiger charge is -2.22. The van der Waals surface area contributed by atoms with Crippen LogP contribution in [0, 0.1) is 0 Å². The van der Waals surface area contributed by atoms with E-state index in [1.54, 1.807) is 50.3 Å². The molecule has 2 amide bonds. The summed E-state index contributed by atoms with van der Waals surface area (Å²) in [5.41, 5.74) is 3.28. The fourth-order valence-corrected chi connectivity index (χ4v) is 3.87. The quantitative estimate of drug-likeness (QED) is 0.441. The number of aromatic nitrogens is 1. The number of halogens is 2. The molecule has 3 rings (SSSR count). The summed E-state index contributed by atoms with van der Waals surface area (Å²) >= 11 is 12.9. The SMILES string of the molecule is CN(C)C(=O)c1cnc(N(C)c2cc(C(=O)Nc3ccc(C(C)(C)C)cc3)ccc2Cl)c(Cl)c1. The summed E-state index contributed by atoms with van der Waals surface area (Å²) in [6.07, 6.45) is 1.46. The largest absolute Gasteiger partial charge is 0.345 e. The fraction of sp³-hybridized carbons (Fsp3) is 0.269. The third-order valence-electron chi connectivity index (χ3n) is 5.37. The van der Waals surface area contributed by atoms with Crippen LogP contribution in [0.4, 0.5) is 17.2 Å². The monoisotopic (exact) mass is 498 g/mol. The van der Waals surface area contributed by atoms with E-state index in [2.05, 4.69) is 31.1 Å². The summed E-state index contributed by atoms with van der Waals surface area (Å²) in [6.45, 7) is 6.42. The number of carbonyl (C=O) groups is 2. The van der Waals surface area contributed by atoms with Crippen molar-refractivity contribution in [1.82, 2.24) is 9.88 Å². The predicted octanol–water partition coefficient (Wildman–Crippen LogP) is 6.41. The second kappa shape index (κ2) is 10.0. The Morgan fingerprint density at radius 2 is 1.53 bits per heavy atom. The van der Waals surface area contributed by atoms with Crippen LogP contribution in [-0.4, -0.2) is 42.8 Å². The average molecular weight is 499 g/mol. The van der Waals surface area contributed by atoms with E-state index in [0.717, 1.165) is 0 Å². The Hall–Kier alpha value is -3.09. The number of nitrogens with zero attached hydrogens (tertiary/aromatic N) is 3. The molecule has 0 radical (unpaired) electrons. The van der Waals surface area contributed by atoms with Crippen LogP contribution in [0.3, 0.4) is 0 Å². The number of benzene rings is 2. The zero-order chi connectivity index (χ0) is 25.2. The standard InChI is InChI=1S/C26H28Cl2N4O2/c1-26(2,3)18-8-10-19(11-9-18)30-24(33)16-7-12-20(27)22(14-16)32(6)23-21(28)13-17(15-29-23)25(34)31(4)5/h7-15H,1-6H3,(H,30,33). The maximum absolute atomic E-state index is 12.9. The average Bonchev–Trinajstić information content (AvgIpc) is 2.78. The van der Waals surface area contributed by atoms with Gasteiger partial charge in [0.1, 0.15) is 0 Å². The Balaban J connectivity index is 1.84. The lowest BCUT2D eigenvalue weighted by atomic mass is 9.87. The fourth-order valence-electron chi connectivity index (χ4n) is 3.33. The molecule has 0 bridgehead atoms.